The van der Waals surface area contributed by atoms with Gasteiger partial charge in [0, 0.05) is 12.1 Å². The van der Waals surface area contributed by atoms with Crippen LogP contribution in [0.25, 0.3) is 17.0 Å². The number of aromatic nitrogens is 5. The molecule has 0 saturated carbocycles. The Morgan fingerprint density at radius 1 is 1.25 bits per heavy atom. The number of rotatable bonds is 1. The zero-order valence-electron chi connectivity index (χ0n) is 8.21. The van der Waals surface area contributed by atoms with E-state index < -0.39 is 0 Å². The first kappa shape index (κ1) is 8.78. The predicted octanol–water partition coefficient (Wildman–Crippen LogP) is -0.0771. The van der Waals surface area contributed by atoms with E-state index in [9.17, 15) is 4.79 Å². The number of imidazole rings is 1. The van der Waals surface area contributed by atoms with Crippen molar-refractivity contribution in [1.82, 2.24) is 19.5 Å². The third-order valence-corrected chi connectivity index (χ3v) is 2.30. The molecule has 0 aliphatic heterocycles. The standard InChI is InChI=1S/C10H7N5O/c16-7-1-3-15(4-2-7)10-8-9(12-5-11-8)13-6-14-10/h1-6H,(H,11,12,13,14)/p+1. The molecular formula is C10H8N5O+. The summed E-state index contributed by atoms with van der Waals surface area (Å²) >= 11 is 0. The lowest BCUT2D eigenvalue weighted by atomic mass is 10.4. The van der Waals surface area contributed by atoms with Crippen LogP contribution in [-0.4, -0.2) is 19.5 Å². The number of pyridine rings is 1. The summed E-state index contributed by atoms with van der Waals surface area (Å²) < 4.78 is 1.80. The lowest BCUT2D eigenvalue weighted by Gasteiger charge is -1.98. The summed E-state index contributed by atoms with van der Waals surface area (Å²) in [5, 5.41) is 0. The molecule has 0 saturated heterocycles. The van der Waals surface area contributed by atoms with Crippen molar-refractivity contribution in [3.8, 4) is 5.82 Å². The Morgan fingerprint density at radius 3 is 2.88 bits per heavy atom. The van der Waals surface area contributed by atoms with Crippen molar-refractivity contribution in [3.63, 3.8) is 0 Å². The molecule has 3 aromatic rings. The largest absolute Gasteiger partial charge is 0.336 e. The van der Waals surface area contributed by atoms with Crippen molar-refractivity contribution in [2.24, 2.45) is 0 Å². The molecule has 0 aliphatic carbocycles. The van der Waals surface area contributed by atoms with Crippen LogP contribution in [0.4, 0.5) is 0 Å². The normalized spacial score (nSPS) is 10.8. The van der Waals surface area contributed by atoms with Crippen LogP contribution in [-0.2, 0) is 0 Å². The molecule has 3 aromatic heterocycles. The monoisotopic (exact) mass is 214 g/mol. The van der Waals surface area contributed by atoms with E-state index in [1.165, 1.54) is 12.1 Å². The van der Waals surface area contributed by atoms with Gasteiger partial charge in [0.25, 0.3) is 11.5 Å². The van der Waals surface area contributed by atoms with E-state index in [-0.39, 0.29) is 5.43 Å². The molecule has 0 bridgehead atoms. The van der Waals surface area contributed by atoms with Crippen LogP contribution in [0, 0.1) is 0 Å². The molecule has 3 heterocycles. The molecule has 2 N–H and O–H groups in total. The third kappa shape index (κ3) is 1.28. The van der Waals surface area contributed by atoms with Gasteiger partial charge in [-0.25, -0.2) is 14.5 Å². The van der Waals surface area contributed by atoms with Crippen molar-refractivity contribution < 1.29 is 4.98 Å². The van der Waals surface area contributed by atoms with Gasteiger partial charge < -0.3 is 4.98 Å². The van der Waals surface area contributed by atoms with E-state index in [0.717, 1.165) is 11.3 Å². The molecule has 6 heteroatoms. The lowest BCUT2D eigenvalue weighted by Crippen LogP contribution is -2.15. The van der Waals surface area contributed by atoms with Gasteiger partial charge in [0.2, 0.25) is 6.33 Å². The molecule has 0 fully saturated rings. The molecule has 6 nitrogen and oxygen atoms in total. The fourth-order valence-corrected chi connectivity index (χ4v) is 1.55. The summed E-state index contributed by atoms with van der Waals surface area (Å²) in [4.78, 5) is 25.2. The van der Waals surface area contributed by atoms with E-state index in [2.05, 4.69) is 19.9 Å². The Morgan fingerprint density at radius 2 is 2.06 bits per heavy atom. The Balaban J connectivity index is 2.29. The Hall–Kier alpha value is -2.50. The summed E-state index contributed by atoms with van der Waals surface area (Å²) in [5.74, 6) is 0.794. The quantitative estimate of drug-likeness (QED) is 0.615. The van der Waals surface area contributed by atoms with Crippen LogP contribution in [0.2, 0.25) is 0 Å². The minimum absolute atomic E-state index is 0.0221. The number of nitrogens with one attached hydrogen (secondary N) is 2. The number of aromatic amines is 2. The minimum Gasteiger partial charge on any atom is -0.336 e. The van der Waals surface area contributed by atoms with Crippen molar-refractivity contribution >= 4 is 11.2 Å². The van der Waals surface area contributed by atoms with Gasteiger partial charge in [0.1, 0.15) is 0 Å². The maximum absolute atomic E-state index is 11.0. The number of nitrogens with zero attached hydrogens (tertiary/aromatic N) is 3. The highest BCUT2D eigenvalue weighted by Gasteiger charge is 2.11. The van der Waals surface area contributed by atoms with Gasteiger partial charge >= 0.3 is 0 Å². The molecule has 3 rings (SSSR count). The number of hydrogen-bond acceptors (Lipinski definition) is 3. The van der Waals surface area contributed by atoms with Gasteiger partial charge in [0.05, 0.1) is 18.7 Å². The summed E-state index contributed by atoms with van der Waals surface area (Å²) in [5.41, 5.74) is 1.41. The number of fused-ring (bicyclic) bond motifs is 1. The summed E-state index contributed by atoms with van der Waals surface area (Å²) in [6.45, 7) is 0. The molecule has 78 valence electrons. The lowest BCUT2D eigenvalue weighted by molar-refractivity contribution is -0.375. The molecule has 0 radical (unpaired) electrons. The van der Waals surface area contributed by atoms with Crippen molar-refractivity contribution in [2.45, 2.75) is 0 Å². The first-order valence-electron chi connectivity index (χ1n) is 4.73. The predicted molar refractivity (Wildman–Crippen MR) is 56.0 cm³/mol. The second-order valence-corrected chi connectivity index (χ2v) is 3.29. The fourth-order valence-electron chi connectivity index (χ4n) is 1.55. The van der Waals surface area contributed by atoms with Crippen LogP contribution in [0.5, 0.6) is 0 Å². The second-order valence-electron chi connectivity index (χ2n) is 3.29. The molecule has 0 spiro atoms. The smallest absolute Gasteiger partial charge is 0.260 e. The highest BCUT2D eigenvalue weighted by atomic mass is 16.1. The van der Waals surface area contributed by atoms with E-state index in [4.69, 9.17) is 0 Å². The van der Waals surface area contributed by atoms with Gasteiger partial charge in [-0.2, -0.15) is 0 Å². The molecular weight excluding hydrogens is 206 g/mol. The molecule has 0 unspecified atom stereocenters. The van der Waals surface area contributed by atoms with Crippen molar-refractivity contribution in [1.29, 1.82) is 0 Å². The zero-order valence-corrected chi connectivity index (χ0v) is 8.21. The first-order valence-corrected chi connectivity index (χ1v) is 4.73. The van der Waals surface area contributed by atoms with Gasteiger partial charge in [-0.15, -0.1) is 0 Å². The highest BCUT2D eigenvalue weighted by molar-refractivity contribution is 5.75. The van der Waals surface area contributed by atoms with Crippen LogP contribution in [0.15, 0.2) is 42.0 Å². The van der Waals surface area contributed by atoms with Crippen LogP contribution >= 0.6 is 0 Å². The number of hydrogen-bond donors (Lipinski definition) is 1. The number of H-pyrrole nitrogens is 2. The SMILES string of the molecule is O=c1ccn(-c2[nH+]cnc3nc[nH]c23)cc1. The van der Waals surface area contributed by atoms with Gasteiger partial charge in [-0.05, 0) is 0 Å². The average molecular weight is 214 g/mol. The molecule has 0 aromatic carbocycles. The molecule has 0 atom stereocenters. The second kappa shape index (κ2) is 3.27. The topological polar surface area (TPSA) is 77.7 Å². The minimum atomic E-state index is -0.0221. The van der Waals surface area contributed by atoms with Crippen LogP contribution < -0.4 is 10.4 Å². The van der Waals surface area contributed by atoms with Gasteiger partial charge in [0.15, 0.2) is 10.9 Å². The maximum Gasteiger partial charge on any atom is 0.260 e. The van der Waals surface area contributed by atoms with Gasteiger partial charge in [-0.3, -0.25) is 4.79 Å². The first-order chi connectivity index (χ1) is 7.84. The fraction of sp³-hybridized carbons (Fsp3) is 0. The van der Waals surface area contributed by atoms with Crippen molar-refractivity contribution in [2.75, 3.05) is 0 Å². The molecule has 0 aliphatic rings. The summed E-state index contributed by atoms with van der Waals surface area (Å²) in [6.07, 6.45) is 6.52. The van der Waals surface area contributed by atoms with Gasteiger partial charge in [-0.1, -0.05) is 4.98 Å². The van der Waals surface area contributed by atoms with E-state index in [1.807, 2.05) is 0 Å². The summed E-state index contributed by atoms with van der Waals surface area (Å²) in [7, 11) is 0. The molecule has 16 heavy (non-hydrogen) atoms. The average Bonchev–Trinajstić information content (AvgIpc) is 2.78. The van der Waals surface area contributed by atoms with E-state index in [0.29, 0.717) is 5.65 Å². The van der Waals surface area contributed by atoms with E-state index >= 15 is 0 Å². The highest BCUT2D eigenvalue weighted by Crippen LogP contribution is 2.10. The third-order valence-electron chi connectivity index (χ3n) is 2.30. The van der Waals surface area contributed by atoms with Crippen molar-refractivity contribution in [3.05, 3.63) is 47.4 Å². The van der Waals surface area contributed by atoms with Crippen LogP contribution in [0.3, 0.4) is 0 Å². The zero-order chi connectivity index (χ0) is 11.0. The Labute approximate surface area is 89.6 Å². The molecule has 0 amide bonds. The maximum atomic E-state index is 11.0. The Kier molecular flexibility index (Phi) is 1.79. The Bertz CT molecular complexity index is 679. The van der Waals surface area contributed by atoms with E-state index in [1.54, 1.807) is 29.6 Å². The summed E-state index contributed by atoms with van der Waals surface area (Å²) in [6, 6.07) is 2.99. The van der Waals surface area contributed by atoms with Crippen LogP contribution in [0.1, 0.15) is 0 Å².